The zero-order valence-corrected chi connectivity index (χ0v) is 18.0. The fraction of sp³-hybridized carbons (Fsp3) is 0.292. The number of benzene rings is 2. The Kier molecular flexibility index (Phi) is 6.30. The van der Waals surface area contributed by atoms with Crippen LogP contribution in [0.1, 0.15) is 11.1 Å². The highest BCUT2D eigenvalue weighted by Gasteiger charge is 2.23. The van der Waals surface area contributed by atoms with Gasteiger partial charge in [-0.05, 0) is 55.3 Å². The van der Waals surface area contributed by atoms with Crippen LogP contribution >= 0.6 is 0 Å². The number of aromatic nitrogens is 2. The number of aryl methyl sites for hydroxylation is 2. The normalized spacial score (nSPS) is 13.9. The first kappa shape index (κ1) is 21.7. The summed E-state index contributed by atoms with van der Waals surface area (Å²) < 4.78 is 31.8. The Morgan fingerprint density at radius 3 is 2.38 bits per heavy atom. The number of nitrogens with zero attached hydrogens (tertiary/aromatic N) is 4. The Hall–Kier alpha value is -3.55. The van der Waals surface area contributed by atoms with Gasteiger partial charge in [0.2, 0.25) is 0 Å². The maximum absolute atomic E-state index is 13.6. The first-order chi connectivity index (χ1) is 15.4. The van der Waals surface area contributed by atoms with Gasteiger partial charge in [0.25, 0.3) is 5.91 Å². The number of hydrogen-bond donors (Lipinski definition) is 0. The summed E-state index contributed by atoms with van der Waals surface area (Å²) in [6, 6.07) is 13.1. The molecule has 0 saturated carbocycles. The molecule has 0 N–H and O–H groups in total. The number of ether oxygens (including phenoxy) is 1. The van der Waals surface area contributed by atoms with E-state index in [9.17, 15) is 13.6 Å². The zero-order chi connectivity index (χ0) is 22.7. The number of carbonyl (C=O) groups is 1. The summed E-state index contributed by atoms with van der Waals surface area (Å²) in [5.74, 6) is -1.15. The topological polar surface area (TPSA) is 58.6 Å². The lowest BCUT2D eigenvalue weighted by molar-refractivity contribution is -0.133. The van der Waals surface area contributed by atoms with Crippen molar-refractivity contribution in [2.75, 3.05) is 37.7 Å². The summed E-state index contributed by atoms with van der Waals surface area (Å²) in [5.41, 5.74) is 4.29. The van der Waals surface area contributed by atoms with Crippen LogP contribution in [0, 0.1) is 25.5 Å². The Balaban J connectivity index is 1.31. The minimum absolute atomic E-state index is 0.141. The Morgan fingerprint density at radius 2 is 1.72 bits per heavy atom. The summed E-state index contributed by atoms with van der Waals surface area (Å²) in [6.45, 7) is 6.05. The van der Waals surface area contributed by atoms with E-state index in [0.29, 0.717) is 26.2 Å². The summed E-state index contributed by atoms with van der Waals surface area (Å²) in [6.07, 6.45) is 0. The molecule has 0 bridgehead atoms. The van der Waals surface area contributed by atoms with Crippen LogP contribution in [0.4, 0.5) is 14.6 Å². The summed E-state index contributed by atoms with van der Waals surface area (Å²) in [5, 5.41) is 8.74. The summed E-state index contributed by atoms with van der Waals surface area (Å²) in [4.78, 5) is 16.1. The largest absolute Gasteiger partial charge is 0.481 e. The van der Waals surface area contributed by atoms with Crippen molar-refractivity contribution >= 4 is 11.7 Å². The Bertz CT molecular complexity index is 1110. The summed E-state index contributed by atoms with van der Waals surface area (Å²) >= 11 is 0. The van der Waals surface area contributed by atoms with E-state index in [1.54, 1.807) is 4.90 Å². The molecule has 0 unspecified atom stereocenters. The van der Waals surface area contributed by atoms with Gasteiger partial charge in [-0.3, -0.25) is 4.79 Å². The first-order valence-corrected chi connectivity index (χ1v) is 10.4. The van der Waals surface area contributed by atoms with E-state index < -0.39 is 11.6 Å². The van der Waals surface area contributed by atoms with Crippen molar-refractivity contribution in [3.8, 4) is 17.0 Å². The molecule has 1 aromatic heterocycles. The fourth-order valence-electron chi connectivity index (χ4n) is 3.56. The third-order valence-corrected chi connectivity index (χ3v) is 5.65. The highest BCUT2D eigenvalue weighted by Crippen LogP contribution is 2.22. The van der Waals surface area contributed by atoms with Gasteiger partial charge in [0.05, 0.1) is 5.69 Å². The SMILES string of the molecule is Cc1ccc(-c2ccc(N3CCN(C(=O)COc4ccc(F)cc4F)CC3)nn2)cc1C. The molecule has 32 heavy (non-hydrogen) atoms. The molecule has 3 aromatic rings. The van der Waals surface area contributed by atoms with Gasteiger partial charge in [0.1, 0.15) is 5.82 Å². The molecular formula is C24H24F2N4O2. The van der Waals surface area contributed by atoms with E-state index >= 15 is 0 Å². The second-order valence-corrected chi connectivity index (χ2v) is 7.81. The van der Waals surface area contributed by atoms with Crippen molar-refractivity contribution in [3.63, 3.8) is 0 Å². The van der Waals surface area contributed by atoms with Crippen molar-refractivity contribution in [2.45, 2.75) is 13.8 Å². The number of hydrogen-bond acceptors (Lipinski definition) is 5. The monoisotopic (exact) mass is 438 g/mol. The highest BCUT2D eigenvalue weighted by atomic mass is 19.1. The molecule has 8 heteroatoms. The standard InChI is InChI=1S/C24H24F2N4O2/c1-16-3-4-18(13-17(16)2)21-6-8-23(28-27-21)29-9-11-30(12-10-29)24(31)15-32-22-7-5-19(25)14-20(22)26/h3-8,13-14H,9-12,15H2,1-2H3. The van der Waals surface area contributed by atoms with Crippen LogP contribution in [-0.2, 0) is 4.79 Å². The van der Waals surface area contributed by atoms with Crippen molar-refractivity contribution in [1.29, 1.82) is 0 Å². The van der Waals surface area contributed by atoms with E-state index in [1.165, 1.54) is 17.2 Å². The molecule has 0 radical (unpaired) electrons. The lowest BCUT2D eigenvalue weighted by Gasteiger charge is -2.35. The van der Waals surface area contributed by atoms with Crippen LogP contribution in [0.25, 0.3) is 11.3 Å². The van der Waals surface area contributed by atoms with Crippen LogP contribution in [-0.4, -0.2) is 53.8 Å². The number of piperazine rings is 1. The highest BCUT2D eigenvalue weighted by molar-refractivity contribution is 5.78. The molecule has 1 aliphatic rings. The zero-order valence-electron chi connectivity index (χ0n) is 18.0. The third kappa shape index (κ3) is 4.85. The average Bonchev–Trinajstić information content (AvgIpc) is 2.80. The second-order valence-electron chi connectivity index (χ2n) is 7.81. The van der Waals surface area contributed by atoms with Crippen LogP contribution in [0.2, 0.25) is 0 Å². The van der Waals surface area contributed by atoms with Crippen LogP contribution in [0.3, 0.4) is 0 Å². The van der Waals surface area contributed by atoms with E-state index in [2.05, 4.69) is 41.1 Å². The van der Waals surface area contributed by atoms with Crippen molar-refractivity contribution in [3.05, 3.63) is 71.3 Å². The molecule has 0 aliphatic carbocycles. The lowest BCUT2D eigenvalue weighted by Crippen LogP contribution is -2.50. The van der Waals surface area contributed by atoms with Gasteiger partial charge >= 0.3 is 0 Å². The number of halogens is 2. The number of amides is 1. The van der Waals surface area contributed by atoms with Gasteiger partial charge in [0.15, 0.2) is 24.0 Å². The average molecular weight is 438 g/mol. The fourth-order valence-corrected chi connectivity index (χ4v) is 3.56. The number of anilines is 1. The van der Waals surface area contributed by atoms with Gasteiger partial charge in [-0.1, -0.05) is 12.1 Å². The molecule has 1 aliphatic heterocycles. The van der Waals surface area contributed by atoms with Gasteiger partial charge in [-0.2, -0.15) is 0 Å². The predicted molar refractivity (Wildman–Crippen MR) is 118 cm³/mol. The van der Waals surface area contributed by atoms with Gasteiger partial charge in [-0.15, -0.1) is 10.2 Å². The van der Waals surface area contributed by atoms with E-state index in [1.807, 2.05) is 18.2 Å². The maximum Gasteiger partial charge on any atom is 0.260 e. The molecule has 1 saturated heterocycles. The molecule has 2 heterocycles. The van der Waals surface area contributed by atoms with Gasteiger partial charge < -0.3 is 14.5 Å². The molecule has 6 nitrogen and oxygen atoms in total. The molecule has 0 spiro atoms. The minimum atomic E-state index is -0.828. The number of carbonyl (C=O) groups excluding carboxylic acids is 1. The van der Waals surface area contributed by atoms with Crippen LogP contribution in [0.15, 0.2) is 48.5 Å². The molecule has 1 amide bonds. The van der Waals surface area contributed by atoms with Crippen LogP contribution < -0.4 is 9.64 Å². The van der Waals surface area contributed by atoms with Crippen molar-refractivity contribution in [2.24, 2.45) is 0 Å². The van der Waals surface area contributed by atoms with Crippen molar-refractivity contribution in [1.82, 2.24) is 15.1 Å². The first-order valence-electron chi connectivity index (χ1n) is 10.4. The number of rotatable bonds is 5. The lowest BCUT2D eigenvalue weighted by atomic mass is 10.0. The quantitative estimate of drug-likeness (QED) is 0.607. The molecule has 1 fully saturated rings. The van der Waals surface area contributed by atoms with Gasteiger partial charge in [0, 0.05) is 37.8 Å². The molecule has 2 aromatic carbocycles. The van der Waals surface area contributed by atoms with E-state index in [4.69, 9.17) is 4.74 Å². The maximum atomic E-state index is 13.6. The smallest absolute Gasteiger partial charge is 0.260 e. The molecular weight excluding hydrogens is 414 g/mol. The molecule has 4 rings (SSSR count). The second kappa shape index (κ2) is 9.30. The Morgan fingerprint density at radius 1 is 0.938 bits per heavy atom. The third-order valence-electron chi connectivity index (χ3n) is 5.65. The van der Waals surface area contributed by atoms with Crippen molar-refractivity contribution < 1.29 is 18.3 Å². The molecule has 166 valence electrons. The molecule has 0 atom stereocenters. The Labute approximate surface area is 185 Å². The minimum Gasteiger partial charge on any atom is -0.481 e. The predicted octanol–water partition coefficient (Wildman–Crippen LogP) is 3.77. The summed E-state index contributed by atoms with van der Waals surface area (Å²) in [7, 11) is 0. The van der Waals surface area contributed by atoms with Gasteiger partial charge in [-0.25, -0.2) is 8.78 Å². The van der Waals surface area contributed by atoms with E-state index in [0.717, 1.165) is 29.2 Å². The van der Waals surface area contributed by atoms with Crippen LogP contribution in [0.5, 0.6) is 5.75 Å². The van der Waals surface area contributed by atoms with E-state index in [-0.39, 0.29) is 18.3 Å².